The summed E-state index contributed by atoms with van der Waals surface area (Å²) in [7, 11) is 0. The van der Waals surface area contributed by atoms with Crippen molar-refractivity contribution in [2.45, 2.75) is 0 Å². The summed E-state index contributed by atoms with van der Waals surface area (Å²) >= 11 is 0. The molecule has 0 atom stereocenters. The number of nitrogens with zero attached hydrogens (tertiary/aromatic N) is 2. The molecule has 0 aromatic carbocycles. The molecule has 0 aromatic heterocycles. The van der Waals surface area contributed by atoms with E-state index in [2.05, 4.69) is 0 Å². The lowest BCUT2D eigenvalue weighted by molar-refractivity contribution is -0.145. The summed E-state index contributed by atoms with van der Waals surface area (Å²) in [5.74, 6) is -4.91. The second-order valence-electron chi connectivity index (χ2n) is 5.53. The highest BCUT2D eigenvalue weighted by Crippen LogP contribution is 1.94. The van der Waals surface area contributed by atoms with Crippen LogP contribution in [0.1, 0.15) is 0 Å². The third-order valence-corrected chi connectivity index (χ3v) is 2.56. The van der Waals surface area contributed by atoms with Gasteiger partial charge in [0.25, 0.3) is 0 Å². The van der Waals surface area contributed by atoms with Crippen molar-refractivity contribution in [1.29, 1.82) is 0 Å². The van der Waals surface area contributed by atoms with Crippen molar-refractivity contribution in [3.05, 3.63) is 0 Å². The molecule has 0 rings (SSSR count). The Labute approximate surface area is 185 Å². The van der Waals surface area contributed by atoms with E-state index in [1.165, 1.54) is 0 Å². The van der Waals surface area contributed by atoms with E-state index in [0.29, 0.717) is 19.6 Å². The summed E-state index contributed by atoms with van der Waals surface area (Å²) in [4.78, 5) is 44.4. The van der Waals surface area contributed by atoms with Crippen LogP contribution in [0.2, 0.25) is 0 Å². The molecule has 0 spiro atoms. The average molecular weight is 475 g/mol. The van der Waals surface area contributed by atoms with E-state index in [-0.39, 0.29) is 32.9 Å². The largest absolute Gasteiger partial charge is 0.480 e. The minimum Gasteiger partial charge on any atom is -0.480 e. The van der Waals surface area contributed by atoms with E-state index < -0.39 is 50.1 Å². The molecule has 0 aromatic rings. The van der Waals surface area contributed by atoms with Gasteiger partial charge in [0.2, 0.25) is 0 Å². The lowest BCUT2D eigenvalue weighted by Crippen LogP contribution is -2.43. The van der Waals surface area contributed by atoms with Crippen molar-refractivity contribution >= 4 is 23.9 Å². The minimum atomic E-state index is -1.23. The SMILES string of the molecule is NCCO.NCCO.NCCO.O=C(O)CN(CCN(CC(=O)O)CC(=O)O)CC(=O)O. The standard InChI is InChI=1S/C10H16N2O8.3C2H7NO/c13-7(14)3-11(4-8(15)16)1-2-12(5-9(17)18)6-10(19)20;3*3-1-2-4/h1-6H2,(H,13,14)(H,15,16)(H,17,18)(H,19,20);3*4H,1-3H2. The highest BCUT2D eigenvalue weighted by molar-refractivity contribution is 5.73. The molecule has 32 heavy (non-hydrogen) atoms. The van der Waals surface area contributed by atoms with Gasteiger partial charge in [-0.1, -0.05) is 0 Å². The van der Waals surface area contributed by atoms with Gasteiger partial charge < -0.3 is 52.9 Å². The van der Waals surface area contributed by atoms with Gasteiger partial charge in [-0.05, 0) is 0 Å². The lowest BCUT2D eigenvalue weighted by atomic mass is 10.4. The summed E-state index contributed by atoms with van der Waals surface area (Å²) in [5.41, 5.74) is 14.3. The van der Waals surface area contributed by atoms with E-state index in [0.717, 1.165) is 9.80 Å². The maximum absolute atomic E-state index is 10.6. The molecule has 0 bridgehead atoms. The molecule has 0 saturated heterocycles. The molecule has 0 aliphatic heterocycles. The number of nitrogens with two attached hydrogens (primary N) is 3. The van der Waals surface area contributed by atoms with Crippen molar-refractivity contribution in [3.8, 4) is 0 Å². The van der Waals surface area contributed by atoms with Crippen LogP contribution >= 0.6 is 0 Å². The van der Waals surface area contributed by atoms with E-state index >= 15 is 0 Å². The molecule has 13 N–H and O–H groups in total. The molecule has 16 heteroatoms. The van der Waals surface area contributed by atoms with Crippen molar-refractivity contribution in [2.24, 2.45) is 17.2 Å². The molecule has 0 saturated carbocycles. The Bertz CT molecular complexity index is 400. The number of carboxylic acids is 4. The van der Waals surface area contributed by atoms with Crippen LogP contribution in [0.15, 0.2) is 0 Å². The van der Waals surface area contributed by atoms with E-state index in [4.69, 9.17) is 52.9 Å². The summed E-state index contributed by atoms with van der Waals surface area (Å²) in [6, 6.07) is 0. The second kappa shape index (κ2) is 28.6. The van der Waals surface area contributed by atoms with Crippen LogP contribution in [-0.4, -0.2) is 148 Å². The summed E-state index contributed by atoms with van der Waals surface area (Å²) < 4.78 is 0. The first kappa shape index (κ1) is 36.9. The summed E-state index contributed by atoms with van der Waals surface area (Å²) in [6.45, 7) is -0.834. The Hall–Kier alpha value is -2.44. The Morgan fingerprint density at radius 1 is 0.500 bits per heavy atom. The summed E-state index contributed by atoms with van der Waals surface area (Å²) in [6.07, 6.45) is 0. The molecule has 0 radical (unpaired) electrons. The number of aliphatic hydroxyl groups is 3. The minimum absolute atomic E-state index is 0.0703. The third-order valence-electron chi connectivity index (χ3n) is 2.56. The van der Waals surface area contributed by atoms with E-state index in [9.17, 15) is 19.2 Å². The van der Waals surface area contributed by atoms with Gasteiger partial charge in [0, 0.05) is 32.7 Å². The zero-order chi connectivity index (χ0) is 25.9. The molecule has 0 unspecified atom stereocenters. The van der Waals surface area contributed by atoms with Gasteiger partial charge in [-0.3, -0.25) is 29.0 Å². The predicted octanol–water partition coefficient (Wildman–Crippen LogP) is -5.26. The number of aliphatic carboxylic acids is 4. The average Bonchev–Trinajstić information content (AvgIpc) is 2.70. The molecule has 0 heterocycles. The Morgan fingerprint density at radius 3 is 0.750 bits per heavy atom. The smallest absolute Gasteiger partial charge is 0.317 e. The zero-order valence-electron chi connectivity index (χ0n) is 17.9. The van der Waals surface area contributed by atoms with Crippen LogP contribution in [0, 0.1) is 0 Å². The molecule has 192 valence electrons. The Morgan fingerprint density at radius 2 is 0.656 bits per heavy atom. The number of carboxylic acid groups (broad SMARTS) is 4. The normalized spacial score (nSPS) is 9.50. The molecular formula is C16H37N5O11. The van der Waals surface area contributed by atoms with E-state index in [1.54, 1.807) is 0 Å². The molecule has 0 amide bonds. The van der Waals surface area contributed by atoms with Crippen LogP contribution < -0.4 is 17.2 Å². The van der Waals surface area contributed by atoms with Crippen LogP contribution in [0.5, 0.6) is 0 Å². The fraction of sp³-hybridized carbons (Fsp3) is 0.750. The maximum atomic E-state index is 10.6. The first-order valence-electron chi connectivity index (χ1n) is 9.20. The Kier molecular flexibility index (Phi) is 32.9. The van der Waals surface area contributed by atoms with Gasteiger partial charge in [-0.15, -0.1) is 0 Å². The predicted molar refractivity (Wildman–Crippen MR) is 112 cm³/mol. The van der Waals surface area contributed by atoms with Crippen LogP contribution in [-0.2, 0) is 19.2 Å². The number of carbonyl (C=O) groups is 4. The zero-order valence-corrected chi connectivity index (χ0v) is 17.9. The first-order chi connectivity index (χ1) is 14.9. The van der Waals surface area contributed by atoms with Gasteiger partial charge in [-0.2, -0.15) is 0 Å². The molecule has 0 aliphatic rings. The van der Waals surface area contributed by atoms with Crippen molar-refractivity contribution in [3.63, 3.8) is 0 Å². The van der Waals surface area contributed by atoms with Gasteiger partial charge in [-0.25, -0.2) is 0 Å². The first-order valence-corrected chi connectivity index (χ1v) is 9.20. The topological polar surface area (TPSA) is 294 Å². The van der Waals surface area contributed by atoms with Crippen molar-refractivity contribution in [2.75, 3.05) is 78.7 Å². The fourth-order valence-electron chi connectivity index (χ4n) is 1.48. The van der Waals surface area contributed by atoms with Gasteiger partial charge in [0.05, 0.1) is 46.0 Å². The number of rotatable bonds is 14. The number of hydrogen-bond donors (Lipinski definition) is 10. The lowest BCUT2D eigenvalue weighted by Gasteiger charge is -2.23. The van der Waals surface area contributed by atoms with Gasteiger partial charge >= 0.3 is 23.9 Å². The highest BCUT2D eigenvalue weighted by Gasteiger charge is 2.17. The van der Waals surface area contributed by atoms with Gasteiger partial charge in [0.1, 0.15) is 0 Å². The van der Waals surface area contributed by atoms with Crippen LogP contribution in [0.4, 0.5) is 0 Å². The van der Waals surface area contributed by atoms with Crippen LogP contribution in [0.3, 0.4) is 0 Å². The van der Waals surface area contributed by atoms with Crippen LogP contribution in [0.25, 0.3) is 0 Å². The quantitative estimate of drug-likeness (QED) is 0.112. The molecule has 0 fully saturated rings. The Balaban J connectivity index is -0.000000267. The second-order valence-corrected chi connectivity index (χ2v) is 5.53. The monoisotopic (exact) mass is 475 g/mol. The third kappa shape index (κ3) is 41.8. The van der Waals surface area contributed by atoms with Crippen molar-refractivity contribution in [1.82, 2.24) is 9.80 Å². The van der Waals surface area contributed by atoms with E-state index in [1.807, 2.05) is 0 Å². The molecule has 0 aliphatic carbocycles. The maximum Gasteiger partial charge on any atom is 0.317 e. The highest BCUT2D eigenvalue weighted by atomic mass is 16.4. The van der Waals surface area contributed by atoms with Crippen molar-refractivity contribution < 1.29 is 54.9 Å². The fourth-order valence-corrected chi connectivity index (χ4v) is 1.48. The number of hydrogen-bond acceptors (Lipinski definition) is 12. The van der Waals surface area contributed by atoms with Gasteiger partial charge in [0.15, 0.2) is 0 Å². The molecule has 16 nitrogen and oxygen atoms in total. The molecular weight excluding hydrogens is 438 g/mol. The summed E-state index contributed by atoms with van der Waals surface area (Å²) in [5, 5.41) is 57.7. The number of aliphatic hydroxyl groups excluding tert-OH is 3.